The minimum absolute atomic E-state index is 0.0438. The zero-order valence-corrected chi connectivity index (χ0v) is 16.7. The predicted molar refractivity (Wildman–Crippen MR) is 105 cm³/mol. The van der Waals surface area contributed by atoms with Crippen LogP contribution in [0.4, 0.5) is 10.2 Å². The molecule has 3 aromatic rings. The average Bonchev–Trinajstić information content (AvgIpc) is 2.92. The Morgan fingerprint density at radius 2 is 2.00 bits per heavy atom. The number of halogens is 3. The summed E-state index contributed by atoms with van der Waals surface area (Å²) < 4.78 is 14.9. The van der Waals surface area contributed by atoms with Crippen molar-refractivity contribution in [3.05, 3.63) is 66.9 Å². The summed E-state index contributed by atoms with van der Waals surface area (Å²) in [6.07, 6.45) is 0.527. The Labute approximate surface area is 169 Å². The van der Waals surface area contributed by atoms with Crippen molar-refractivity contribution >= 4 is 34.9 Å². The number of aromatic amines is 1. The summed E-state index contributed by atoms with van der Waals surface area (Å²) in [4.78, 5) is 31.8. The van der Waals surface area contributed by atoms with E-state index in [1.54, 1.807) is 13.8 Å². The van der Waals surface area contributed by atoms with Gasteiger partial charge in [0.05, 0.1) is 10.7 Å². The standard InChI is InChI=1S/C18H16Cl2FN5O2/c1-4-11-8(2)22-18(24-17(11)28)26-15(14(20)9(3)25-26)23-16(27)10-5-6-12(19)13(21)7-10/h5-7H,4H2,1-3H3,(H,23,27)(H,22,24,28). The number of amides is 1. The number of aryl methyl sites for hydroxylation is 2. The number of aromatic nitrogens is 4. The summed E-state index contributed by atoms with van der Waals surface area (Å²) in [5.74, 6) is -1.14. The number of anilines is 1. The Bertz CT molecular complexity index is 1140. The first-order chi connectivity index (χ1) is 13.2. The van der Waals surface area contributed by atoms with Crippen molar-refractivity contribution in [2.75, 3.05) is 5.32 Å². The van der Waals surface area contributed by atoms with Gasteiger partial charge in [0, 0.05) is 16.8 Å². The van der Waals surface area contributed by atoms with Crippen molar-refractivity contribution in [1.29, 1.82) is 0 Å². The Balaban J connectivity index is 2.05. The summed E-state index contributed by atoms with van der Waals surface area (Å²) in [5.41, 5.74) is 1.26. The van der Waals surface area contributed by atoms with E-state index in [2.05, 4.69) is 20.4 Å². The zero-order valence-electron chi connectivity index (χ0n) is 15.2. The van der Waals surface area contributed by atoms with Crippen molar-refractivity contribution in [2.45, 2.75) is 27.2 Å². The summed E-state index contributed by atoms with van der Waals surface area (Å²) in [5, 5.41) is 6.90. The van der Waals surface area contributed by atoms with Crippen molar-refractivity contribution in [3.63, 3.8) is 0 Å². The molecule has 0 aliphatic rings. The lowest BCUT2D eigenvalue weighted by atomic mass is 10.2. The molecule has 0 aliphatic carbocycles. The SMILES string of the molecule is CCc1c(C)nc(-n2nc(C)c(Cl)c2NC(=O)c2ccc(Cl)c(F)c2)[nH]c1=O. The maximum absolute atomic E-state index is 13.7. The highest BCUT2D eigenvalue weighted by atomic mass is 35.5. The maximum Gasteiger partial charge on any atom is 0.256 e. The third kappa shape index (κ3) is 3.65. The van der Waals surface area contributed by atoms with Crippen LogP contribution in [0.3, 0.4) is 0 Å². The van der Waals surface area contributed by atoms with Crippen LogP contribution in [-0.4, -0.2) is 25.7 Å². The molecule has 2 heterocycles. The van der Waals surface area contributed by atoms with Gasteiger partial charge in [-0.05, 0) is 38.5 Å². The second kappa shape index (κ2) is 7.73. The number of rotatable bonds is 4. The number of benzene rings is 1. The molecule has 3 rings (SSSR count). The van der Waals surface area contributed by atoms with E-state index in [9.17, 15) is 14.0 Å². The molecule has 0 saturated heterocycles. The average molecular weight is 424 g/mol. The van der Waals surface area contributed by atoms with Gasteiger partial charge in [-0.25, -0.2) is 9.37 Å². The molecule has 2 aromatic heterocycles. The first-order valence-corrected chi connectivity index (χ1v) is 9.10. The van der Waals surface area contributed by atoms with Crippen molar-refractivity contribution < 1.29 is 9.18 Å². The van der Waals surface area contributed by atoms with Crippen molar-refractivity contribution in [1.82, 2.24) is 19.7 Å². The van der Waals surface area contributed by atoms with Gasteiger partial charge in [-0.3, -0.25) is 14.6 Å². The molecular formula is C18H16Cl2FN5O2. The van der Waals surface area contributed by atoms with Crippen molar-refractivity contribution in [3.8, 4) is 5.95 Å². The van der Waals surface area contributed by atoms with Gasteiger partial charge in [-0.2, -0.15) is 9.78 Å². The quantitative estimate of drug-likeness (QED) is 0.666. The summed E-state index contributed by atoms with van der Waals surface area (Å²) >= 11 is 11.9. The normalized spacial score (nSPS) is 10.9. The Morgan fingerprint density at radius 3 is 2.61 bits per heavy atom. The zero-order chi connectivity index (χ0) is 20.6. The number of carbonyl (C=O) groups is 1. The van der Waals surface area contributed by atoms with Crippen LogP contribution in [0, 0.1) is 19.7 Å². The Morgan fingerprint density at radius 1 is 1.29 bits per heavy atom. The lowest BCUT2D eigenvalue weighted by Gasteiger charge is -2.10. The molecule has 0 fully saturated rings. The van der Waals surface area contributed by atoms with Gasteiger partial charge in [0.15, 0.2) is 5.82 Å². The number of hydrogen-bond acceptors (Lipinski definition) is 4. The van der Waals surface area contributed by atoms with E-state index in [-0.39, 0.29) is 32.9 Å². The molecule has 0 unspecified atom stereocenters. The van der Waals surface area contributed by atoms with Gasteiger partial charge in [-0.1, -0.05) is 30.1 Å². The molecule has 0 saturated carbocycles. The molecule has 1 amide bonds. The third-order valence-corrected chi connectivity index (χ3v) is 4.92. The molecule has 0 aliphatic heterocycles. The summed E-state index contributed by atoms with van der Waals surface area (Å²) in [6.45, 7) is 5.21. The largest absolute Gasteiger partial charge is 0.305 e. The van der Waals surface area contributed by atoms with E-state index in [0.29, 0.717) is 23.4 Å². The van der Waals surface area contributed by atoms with E-state index >= 15 is 0 Å². The Hall–Kier alpha value is -2.71. The first-order valence-electron chi connectivity index (χ1n) is 8.34. The van der Waals surface area contributed by atoms with E-state index in [4.69, 9.17) is 23.2 Å². The van der Waals surface area contributed by atoms with E-state index < -0.39 is 11.7 Å². The second-order valence-corrected chi connectivity index (χ2v) is 6.84. The first kappa shape index (κ1) is 20.0. The summed E-state index contributed by atoms with van der Waals surface area (Å²) in [7, 11) is 0. The van der Waals surface area contributed by atoms with E-state index in [1.165, 1.54) is 16.8 Å². The molecule has 0 spiro atoms. The topological polar surface area (TPSA) is 92.7 Å². The number of carbonyl (C=O) groups excluding carboxylic acids is 1. The van der Waals surface area contributed by atoms with Crippen LogP contribution in [0.5, 0.6) is 0 Å². The van der Waals surface area contributed by atoms with Gasteiger partial charge in [0.1, 0.15) is 10.8 Å². The number of nitrogens with zero attached hydrogens (tertiary/aromatic N) is 3. The van der Waals surface area contributed by atoms with Gasteiger partial charge < -0.3 is 5.32 Å². The lowest BCUT2D eigenvalue weighted by molar-refractivity contribution is 0.102. The van der Waals surface area contributed by atoms with Crippen LogP contribution in [0.15, 0.2) is 23.0 Å². The second-order valence-electron chi connectivity index (χ2n) is 6.05. The molecule has 7 nitrogen and oxygen atoms in total. The fourth-order valence-electron chi connectivity index (χ4n) is 2.70. The molecule has 2 N–H and O–H groups in total. The van der Waals surface area contributed by atoms with Crippen LogP contribution in [0.1, 0.15) is 34.2 Å². The minimum Gasteiger partial charge on any atom is -0.305 e. The smallest absolute Gasteiger partial charge is 0.256 e. The van der Waals surface area contributed by atoms with E-state index in [1.807, 2.05) is 6.92 Å². The fraction of sp³-hybridized carbons (Fsp3) is 0.222. The van der Waals surface area contributed by atoms with Crippen LogP contribution in [0.25, 0.3) is 5.95 Å². The van der Waals surface area contributed by atoms with E-state index in [0.717, 1.165) is 6.07 Å². The molecule has 1 aromatic carbocycles. The highest BCUT2D eigenvalue weighted by Crippen LogP contribution is 2.28. The molecule has 146 valence electrons. The maximum atomic E-state index is 13.7. The third-order valence-electron chi connectivity index (χ3n) is 4.17. The van der Waals surface area contributed by atoms with Crippen LogP contribution in [0.2, 0.25) is 10.0 Å². The molecule has 0 radical (unpaired) electrons. The fourth-order valence-corrected chi connectivity index (χ4v) is 2.98. The molecule has 0 atom stereocenters. The van der Waals surface area contributed by atoms with Gasteiger partial charge in [0.2, 0.25) is 5.95 Å². The molecule has 28 heavy (non-hydrogen) atoms. The van der Waals surface area contributed by atoms with Crippen LogP contribution in [-0.2, 0) is 6.42 Å². The Kier molecular flexibility index (Phi) is 5.53. The van der Waals surface area contributed by atoms with Gasteiger partial charge in [-0.15, -0.1) is 0 Å². The number of hydrogen-bond donors (Lipinski definition) is 2. The number of nitrogens with one attached hydrogen (secondary N) is 2. The van der Waals surface area contributed by atoms with Crippen LogP contribution >= 0.6 is 23.2 Å². The number of H-pyrrole nitrogens is 1. The lowest BCUT2D eigenvalue weighted by Crippen LogP contribution is -2.22. The van der Waals surface area contributed by atoms with Crippen molar-refractivity contribution in [2.24, 2.45) is 0 Å². The monoisotopic (exact) mass is 423 g/mol. The highest BCUT2D eigenvalue weighted by molar-refractivity contribution is 6.34. The summed E-state index contributed by atoms with van der Waals surface area (Å²) in [6, 6.07) is 3.67. The molecular weight excluding hydrogens is 408 g/mol. The van der Waals surface area contributed by atoms with Gasteiger partial charge in [0.25, 0.3) is 11.5 Å². The minimum atomic E-state index is -0.720. The molecule has 0 bridgehead atoms. The highest BCUT2D eigenvalue weighted by Gasteiger charge is 2.21. The van der Waals surface area contributed by atoms with Gasteiger partial charge >= 0.3 is 0 Å². The predicted octanol–water partition coefficient (Wildman–Crippen LogP) is 3.83. The molecule has 10 heteroatoms. The van der Waals surface area contributed by atoms with Crippen LogP contribution < -0.4 is 10.9 Å².